The lowest BCUT2D eigenvalue weighted by Crippen LogP contribution is -2.48. The second kappa shape index (κ2) is 6.11. The summed E-state index contributed by atoms with van der Waals surface area (Å²) in [6.07, 6.45) is 2.94. The number of carbonyl (C=O) groups excluding carboxylic acids is 1. The predicted octanol–water partition coefficient (Wildman–Crippen LogP) is 2.06. The normalized spacial score (nSPS) is 16.9. The number of rotatable bonds is 6. The Morgan fingerprint density at radius 1 is 1.40 bits per heavy atom. The van der Waals surface area contributed by atoms with Crippen molar-refractivity contribution in [2.24, 2.45) is 5.92 Å². The van der Waals surface area contributed by atoms with E-state index in [0.717, 1.165) is 32.5 Å². The average Bonchev–Trinajstić information content (AvgIpc) is 2.11. The van der Waals surface area contributed by atoms with Crippen LogP contribution in [0.5, 0.6) is 0 Å². The van der Waals surface area contributed by atoms with Gasteiger partial charge in [-0.25, -0.2) is 0 Å². The minimum absolute atomic E-state index is 0.303. The second-order valence-corrected chi connectivity index (χ2v) is 4.78. The summed E-state index contributed by atoms with van der Waals surface area (Å²) in [7, 11) is 0. The summed E-state index contributed by atoms with van der Waals surface area (Å²) in [4.78, 5) is 13.5. The quantitative estimate of drug-likeness (QED) is 0.632. The summed E-state index contributed by atoms with van der Waals surface area (Å²) in [5.41, 5.74) is 0. The van der Waals surface area contributed by atoms with E-state index in [1.165, 1.54) is 0 Å². The zero-order chi connectivity index (χ0) is 11.3. The van der Waals surface area contributed by atoms with Gasteiger partial charge in [-0.15, -0.1) is 0 Å². The molecule has 1 aliphatic heterocycles. The molecule has 1 rings (SSSR count). The summed E-state index contributed by atoms with van der Waals surface area (Å²) in [5, 5.41) is 0. The van der Waals surface area contributed by atoms with Crippen LogP contribution in [0.25, 0.3) is 0 Å². The highest BCUT2D eigenvalue weighted by atomic mass is 16.5. The largest absolute Gasteiger partial charge is 0.379 e. The molecule has 1 saturated heterocycles. The maximum absolute atomic E-state index is 11.6. The predicted molar refractivity (Wildman–Crippen MR) is 60.7 cm³/mol. The molecular weight excluding hydrogens is 190 g/mol. The molecule has 0 spiro atoms. The van der Waals surface area contributed by atoms with E-state index in [9.17, 15) is 4.79 Å². The van der Waals surface area contributed by atoms with Crippen LogP contribution in [-0.2, 0) is 9.53 Å². The van der Waals surface area contributed by atoms with Gasteiger partial charge in [-0.05, 0) is 32.6 Å². The van der Waals surface area contributed by atoms with Gasteiger partial charge in [-0.3, -0.25) is 4.79 Å². The summed E-state index contributed by atoms with van der Waals surface area (Å²) in [6.45, 7) is 8.95. The van der Waals surface area contributed by atoms with E-state index in [1.807, 2.05) is 18.7 Å². The average molecular weight is 213 g/mol. The lowest BCUT2D eigenvalue weighted by molar-refractivity contribution is -0.137. The van der Waals surface area contributed by atoms with Crippen LogP contribution in [0.2, 0.25) is 0 Å². The first-order valence-corrected chi connectivity index (χ1v) is 5.99. The molecule has 0 aromatic heterocycles. The molecule has 0 aromatic carbocycles. The molecule has 3 heteroatoms. The van der Waals surface area contributed by atoms with Gasteiger partial charge < -0.3 is 9.64 Å². The van der Waals surface area contributed by atoms with Crippen LogP contribution in [0.4, 0.5) is 0 Å². The van der Waals surface area contributed by atoms with Crippen LogP contribution < -0.4 is 0 Å². The molecule has 0 atom stereocenters. The van der Waals surface area contributed by atoms with Crippen molar-refractivity contribution in [2.45, 2.75) is 46.1 Å². The summed E-state index contributed by atoms with van der Waals surface area (Å²) < 4.78 is 5.42. The molecular formula is C12H23NO2. The number of amides is 1. The maximum Gasteiger partial charge on any atom is 0.222 e. The van der Waals surface area contributed by atoms with Gasteiger partial charge in [-0.2, -0.15) is 0 Å². The smallest absolute Gasteiger partial charge is 0.222 e. The molecule has 0 bridgehead atoms. The molecule has 1 fully saturated rings. The molecule has 0 saturated carbocycles. The molecule has 1 aliphatic rings. The van der Waals surface area contributed by atoms with Gasteiger partial charge in [-0.1, -0.05) is 6.92 Å². The Morgan fingerprint density at radius 3 is 2.60 bits per heavy atom. The van der Waals surface area contributed by atoms with E-state index in [2.05, 4.69) is 6.92 Å². The monoisotopic (exact) mass is 213 g/mol. The third kappa shape index (κ3) is 4.65. The van der Waals surface area contributed by atoms with Crippen molar-refractivity contribution in [2.75, 3.05) is 19.7 Å². The van der Waals surface area contributed by atoms with E-state index in [4.69, 9.17) is 4.74 Å². The highest BCUT2D eigenvalue weighted by Crippen LogP contribution is 2.16. The van der Waals surface area contributed by atoms with Gasteiger partial charge in [0, 0.05) is 26.1 Å². The highest BCUT2D eigenvalue weighted by Gasteiger charge is 2.26. The topological polar surface area (TPSA) is 29.5 Å². The first kappa shape index (κ1) is 12.5. The third-order valence-corrected chi connectivity index (χ3v) is 2.65. The van der Waals surface area contributed by atoms with Crippen LogP contribution in [0.1, 0.15) is 40.0 Å². The van der Waals surface area contributed by atoms with E-state index < -0.39 is 0 Å². The Bertz CT molecular complexity index is 198. The Morgan fingerprint density at radius 2 is 2.07 bits per heavy atom. The van der Waals surface area contributed by atoms with Gasteiger partial charge in [0.25, 0.3) is 0 Å². The molecule has 1 heterocycles. The zero-order valence-corrected chi connectivity index (χ0v) is 10.2. The van der Waals surface area contributed by atoms with Crippen LogP contribution in [0.15, 0.2) is 0 Å². The molecule has 0 unspecified atom stereocenters. The van der Waals surface area contributed by atoms with Gasteiger partial charge >= 0.3 is 0 Å². The van der Waals surface area contributed by atoms with E-state index in [-0.39, 0.29) is 0 Å². The molecule has 1 amide bonds. The molecule has 88 valence electrons. The van der Waals surface area contributed by atoms with Gasteiger partial charge in [0.1, 0.15) is 0 Å². The van der Waals surface area contributed by atoms with Gasteiger partial charge in [0.05, 0.1) is 6.10 Å². The Hall–Kier alpha value is -0.570. The standard InChI is InChI=1S/C12H23NO2/c1-10(2)15-7-5-4-6-12(14)13-8-11(3)9-13/h10-11H,4-9H2,1-3H3. The summed E-state index contributed by atoms with van der Waals surface area (Å²) >= 11 is 0. The minimum Gasteiger partial charge on any atom is -0.379 e. The minimum atomic E-state index is 0.303. The number of likely N-dealkylation sites (tertiary alicyclic amines) is 1. The van der Waals surface area contributed by atoms with Crippen LogP contribution in [0.3, 0.4) is 0 Å². The number of hydrogen-bond acceptors (Lipinski definition) is 2. The Kier molecular flexibility index (Phi) is 5.09. The fourth-order valence-corrected chi connectivity index (χ4v) is 1.76. The van der Waals surface area contributed by atoms with Crippen LogP contribution >= 0.6 is 0 Å². The molecule has 0 aromatic rings. The first-order valence-electron chi connectivity index (χ1n) is 5.99. The SMILES string of the molecule is CC1CN(C(=O)CCCCOC(C)C)C1. The van der Waals surface area contributed by atoms with Crippen molar-refractivity contribution in [3.05, 3.63) is 0 Å². The van der Waals surface area contributed by atoms with Crippen LogP contribution in [-0.4, -0.2) is 36.6 Å². The van der Waals surface area contributed by atoms with Crippen molar-refractivity contribution in [3.8, 4) is 0 Å². The fourth-order valence-electron chi connectivity index (χ4n) is 1.76. The molecule has 0 aliphatic carbocycles. The number of carbonyl (C=O) groups is 1. The number of nitrogens with zero attached hydrogens (tertiary/aromatic N) is 1. The highest BCUT2D eigenvalue weighted by molar-refractivity contribution is 5.76. The second-order valence-electron chi connectivity index (χ2n) is 4.78. The Balaban J connectivity index is 1.93. The van der Waals surface area contributed by atoms with E-state index >= 15 is 0 Å². The fraction of sp³-hybridized carbons (Fsp3) is 0.917. The number of unbranched alkanes of at least 4 members (excludes halogenated alkanes) is 1. The van der Waals surface area contributed by atoms with Crippen LogP contribution in [0, 0.1) is 5.92 Å². The third-order valence-electron chi connectivity index (χ3n) is 2.65. The molecule has 0 radical (unpaired) electrons. The first-order chi connectivity index (χ1) is 7.09. The van der Waals surface area contributed by atoms with Crippen molar-refractivity contribution in [1.29, 1.82) is 0 Å². The van der Waals surface area contributed by atoms with Crippen molar-refractivity contribution >= 4 is 5.91 Å². The summed E-state index contributed by atoms with van der Waals surface area (Å²) in [5.74, 6) is 1.02. The van der Waals surface area contributed by atoms with Crippen molar-refractivity contribution in [1.82, 2.24) is 4.90 Å². The molecule has 3 nitrogen and oxygen atoms in total. The summed E-state index contributed by atoms with van der Waals surface area (Å²) in [6, 6.07) is 0. The number of hydrogen-bond donors (Lipinski definition) is 0. The molecule has 0 N–H and O–H groups in total. The maximum atomic E-state index is 11.6. The van der Waals surface area contributed by atoms with Gasteiger partial charge in [0.2, 0.25) is 5.91 Å². The lowest BCUT2D eigenvalue weighted by atomic mass is 10.0. The van der Waals surface area contributed by atoms with Gasteiger partial charge in [0.15, 0.2) is 0 Å². The number of ether oxygens (including phenoxy) is 1. The lowest BCUT2D eigenvalue weighted by Gasteiger charge is -2.37. The molecule has 15 heavy (non-hydrogen) atoms. The van der Waals surface area contributed by atoms with Crippen molar-refractivity contribution < 1.29 is 9.53 Å². The van der Waals surface area contributed by atoms with E-state index in [1.54, 1.807) is 0 Å². The van der Waals surface area contributed by atoms with Crippen molar-refractivity contribution in [3.63, 3.8) is 0 Å². The Labute approximate surface area is 92.8 Å². The zero-order valence-electron chi connectivity index (χ0n) is 10.2. The van der Waals surface area contributed by atoms with E-state index in [0.29, 0.717) is 24.3 Å².